The summed E-state index contributed by atoms with van der Waals surface area (Å²) < 4.78 is 10.2. The second-order valence-corrected chi connectivity index (χ2v) is 8.54. The van der Waals surface area contributed by atoms with Crippen molar-refractivity contribution in [1.29, 1.82) is 0 Å². The van der Waals surface area contributed by atoms with E-state index in [0.29, 0.717) is 10.6 Å². The van der Waals surface area contributed by atoms with Crippen LogP contribution in [0.25, 0.3) is 0 Å². The molecule has 1 fully saturated rings. The summed E-state index contributed by atoms with van der Waals surface area (Å²) in [5, 5.41) is 0.555. The lowest BCUT2D eigenvalue weighted by Crippen LogP contribution is -2.55. The smallest absolute Gasteiger partial charge is 0.336 e. The van der Waals surface area contributed by atoms with E-state index in [1.807, 2.05) is 26.0 Å². The predicted octanol–water partition coefficient (Wildman–Crippen LogP) is 3.44. The van der Waals surface area contributed by atoms with Gasteiger partial charge in [-0.05, 0) is 31.5 Å². The molecule has 0 spiro atoms. The van der Waals surface area contributed by atoms with Crippen LogP contribution in [-0.4, -0.2) is 48.2 Å². The molecule has 2 heterocycles. The van der Waals surface area contributed by atoms with Gasteiger partial charge >= 0.3 is 11.9 Å². The number of ether oxygens (including phenoxy) is 2. The van der Waals surface area contributed by atoms with Crippen LogP contribution < -0.4 is 0 Å². The molecule has 1 aromatic rings. The fourth-order valence-electron chi connectivity index (χ4n) is 4.17. The molecule has 0 bridgehead atoms. The largest absolute Gasteiger partial charge is 0.469 e. The number of methoxy groups -OCH3 is 2. The fraction of sp³-hybridized carbons (Fsp3) is 0.474. The fourth-order valence-corrected chi connectivity index (χ4v) is 5.86. The molecule has 7 heteroatoms. The molecular formula is C19H22ClNO4S. The maximum absolute atomic E-state index is 12.9. The van der Waals surface area contributed by atoms with Gasteiger partial charge in [-0.15, -0.1) is 11.8 Å². The number of carbonyl (C=O) groups is 2. The highest BCUT2D eigenvalue weighted by atomic mass is 35.5. The number of allylic oxidation sites excluding steroid dienone is 1. The Kier molecular flexibility index (Phi) is 5.26. The summed E-state index contributed by atoms with van der Waals surface area (Å²) in [5.74, 6) is -0.944. The Balaban J connectivity index is 2.28. The van der Waals surface area contributed by atoms with Crippen LogP contribution in [0.3, 0.4) is 0 Å². The van der Waals surface area contributed by atoms with Crippen molar-refractivity contribution in [1.82, 2.24) is 4.90 Å². The van der Waals surface area contributed by atoms with Crippen LogP contribution in [0, 0.1) is 5.92 Å². The van der Waals surface area contributed by atoms with Gasteiger partial charge in [0.1, 0.15) is 5.92 Å². The van der Waals surface area contributed by atoms with Crippen LogP contribution in [0.5, 0.6) is 0 Å². The summed E-state index contributed by atoms with van der Waals surface area (Å²) in [5.41, 5.74) is 2.14. The highest BCUT2D eigenvalue weighted by molar-refractivity contribution is 8.00. The van der Waals surface area contributed by atoms with Crippen molar-refractivity contribution in [2.45, 2.75) is 24.6 Å². The van der Waals surface area contributed by atoms with Crippen molar-refractivity contribution in [3.05, 3.63) is 46.1 Å². The van der Waals surface area contributed by atoms with Crippen molar-refractivity contribution in [2.75, 3.05) is 26.5 Å². The standard InChI is InChI=1S/C19H22ClNO4S/c1-11-14(17(22)24-3)15(12-6-5-7-13(20)10-12)16(18(23)25-4)19(2)21(11)8-9-26-19/h5-7,10,15-16H,8-9H2,1-4H3/t15-,16-,19-/m0/s1. The summed E-state index contributed by atoms with van der Waals surface area (Å²) in [4.78, 5) is 27.2. The van der Waals surface area contributed by atoms with Crippen LogP contribution >= 0.6 is 23.4 Å². The van der Waals surface area contributed by atoms with E-state index < -0.39 is 22.7 Å². The van der Waals surface area contributed by atoms with Gasteiger partial charge in [-0.3, -0.25) is 4.79 Å². The van der Waals surface area contributed by atoms with E-state index in [-0.39, 0.29) is 5.97 Å². The van der Waals surface area contributed by atoms with Gasteiger partial charge in [0.2, 0.25) is 0 Å². The Morgan fingerprint density at radius 2 is 2.04 bits per heavy atom. The Morgan fingerprint density at radius 3 is 2.65 bits per heavy atom. The zero-order valence-corrected chi connectivity index (χ0v) is 16.8. The van der Waals surface area contributed by atoms with E-state index in [2.05, 4.69) is 4.90 Å². The van der Waals surface area contributed by atoms with Gasteiger partial charge < -0.3 is 14.4 Å². The number of esters is 2. The number of thioether (sulfide) groups is 1. The molecule has 2 aliphatic heterocycles. The van der Waals surface area contributed by atoms with Gasteiger partial charge in [0.25, 0.3) is 0 Å². The van der Waals surface area contributed by atoms with Crippen molar-refractivity contribution >= 4 is 35.3 Å². The van der Waals surface area contributed by atoms with Gasteiger partial charge in [0, 0.05) is 28.9 Å². The van der Waals surface area contributed by atoms with E-state index in [9.17, 15) is 9.59 Å². The summed E-state index contributed by atoms with van der Waals surface area (Å²) in [6.07, 6.45) is 0. The molecule has 0 aromatic heterocycles. The maximum Gasteiger partial charge on any atom is 0.336 e. The summed E-state index contributed by atoms with van der Waals surface area (Å²) in [7, 11) is 2.74. The number of hydrogen-bond acceptors (Lipinski definition) is 6. The first-order valence-electron chi connectivity index (χ1n) is 8.39. The van der Waals surface area contributed by atoms with Crippen LogP contribution in [0.1, 0.15) is 25.3 Å². The molecule has 0 amide bonds. The molecule has 0 saturated carbocycles. The average molecular weight is 396 g/mol. The molecule has 3 atom stereocenters. The zero-order valence-electron chi connectivity index (χ0n) is 15.2. The summed E-state index contributed by atoms with van der Waals surface area (Å²) in [6.45, 7) is 4.73. The Hall–Kier alpha value is -1.66. The molecule has 5 nitrogen and oxygen atoms in total. The average Bonchev–Trinajstić information content (AvgIpc) is 3.03. The summed E-state index contributed by atoms with van der Waals surface area (Å²) in [6, 6.07) is 7.29. The van der Waals surface area contributed by atoms with Gasteiger partial charge in [0.05, 0.1) is 24.7 Å². The Labute approximate surface area is 162 Å². The van der Waals surface area contributed by atoms with Crippen molar-refractivity contribution in [2.24, 2.45) is 5.92 Å². The quantitative estimate of drug-likeness (QED) is 0.731. The van der Waals surface area contributed by atoms with Crippen molar-refractivity contribution in [3.8, 4) is 0 Å². The minimum absolute atomic E-state index is 0.342. The first-order valence-corrected chi connectivity index (χ1v) is 9.75. The van der Waals surface area contributed by atoms with Gasteiger partial charge in [-0.1, -0.05) is 23.7 Å². The van der Waals surface area contributed by atoms with Crippen LogP contribution in [-0.2, 0) is 19.1 Å². The molecule has 26 heavy (non-hydrogen) atoms. The third-order valence-corrected chi connectivity index (χ3v) is 7.01. The molecule has 0 unspecified atom stereocenters. The maximum atomic E-state index is 12.9. The molecule has 0 N–H and O–H groups in total. The number of rotatable bonds is 3. The summed E-state index contributed by atoms with van der Waals surface area (Å²) >= 11 is 7.92. The van der Waals surface area contributed by atoms with Gasteiger partial charge in [-0.25, -0.2) is 4.79 Å². The second-order valence-electron chi connectivity index (χ2n) is 6.58. The third kappa shape index (κ3) is 2.89. The van der Waals surface area contributed by atoms with Gasteiger partial charge in [-0.2, -0.15) is 0 Å². The number of carbonyl (C=O) groups excluding carboxylic acids is 2. The second kappa shape index (κ2) is 7.16. The minimum Gasteiger partial charge on any atom is -0.469 e. The predicted molar refractivity (Wildman–Crippen MR) is 102 cm³/mol. The highest BCUT2D eigenvalue weighted by Gasteiger charge is 2.57. The lowest BCUT2D eigenvalue weighted by atomic mass is 9.72. The van der Waals surface area contributed by atoms with Crippen LogP contribution in [0.4, 0.5) is 0 Å². The van der Waals surface area contributed by atoms with E-state index >= 15 is 0 Å². The first-order chi connectivity index (χ1) is 12.3. The Bertz CT molecular complexity index is 781. The van der Waals surface area contributed by atoms with E-state index in [1.54, 1.807) is 23.9 Å². The molecule has 1 aromatic carbocycles. The number of benzene rings is 1. The zero-order chi connectivity index (χ0) is 19.1. The highest BCUT2D eigenvalue weighted by Crippen LogP contribution is 2.55. The topological polar surface area (TPSA) is 55.8 Å². The first kappa shape index (κ1) is 19.1. The number of nitrogens with zero attached hydrogens (tertiary/aromatic N) is 1. The SMILES string of the molecule is COC(=O)C1=C(C)N2CCS[C@@]2(C)[C@H](C(=O)OC)[C@H]1c1cccc(Cl)c1. The minimum atomic E-state index is -0.559. The normalized spacial score (nSPS) is 28.0. The van der Waals surface area contributed by atoms with Crippen molar-refractivity contribution < 1.29 is 19.1 Å². The van der Waals surface area contributed by atoms with Crippen LogP contribution in [0.2, 0.25) is 5.02 Å². The van der Waals surface area contributed by atoms with Crippen molar-refractivity contribution in [3.63, 3.8) is 0 Å². The number of halogens is 1. The number of fused-ring (bicyclic) bond motifs is 1. The molecule has 140 valence electrons. The Morgan fingerprint density at radius 1 is 1.31 bits per heavy atom. The van der Waals surface area contributed by atoms with Gasteiger partial charge in [0.15, 0.2) is 0 Å². The van der Waals surface area contributed by atoms with E-state index in [4.69, 9.17) is 21.1 Å². The lowest BCUT2D eigenvalue weighted by molar-refractivity contribution is -0.150. The van der Waals surface area contributed by atoms with Crippen LogP contribution in [0.15, 0.2) is 35.5 Å². The molecule has 2 aliphatic rings. The van der Waals surface area contributed by atoms with E-state index in [0.717, 1.165) is 23.6 Å². The molecule has 0 aliphatic carbocycles. The molecule has 1 saturated heterocycles. The molecule has 3 rings (SSSR count). The molecular weight excluding hydrogens is 374 g/mol. The third-order valence-electron chi connectivity index (χ3n) is 5.33. The number of hydrogen-bond donors (Lipinski definition) is 0. The monoisotopic (exact) mass is 395 g/mol. The lowest BCUT2D eigenvalue weighted by Gasteiger charge is -2.49. The van der Waals surface area contributed by atoms with E-state index in [1.165, 1.54) is 14.2 Å². The molecule has 0 radical (unpaired) electrons.